The first-order valence-corrected chi connectivity index (χ1v) is 11.5. The zero-order valence-electron chi connectivity index (χ0n) is 18.2. The number of ether oxygens (including phenoxy) is 2. The number of methoxy groups -OCH3 is 1. The van der Waals surface area contributed by atoms with Crippen LogP contribution in [0, 0.1) is 6.92 Å². The second-order valence-corrected chi connectivity index (χ2v) is 9.01. The van der Waals surface area contributed by atoms with Gasteiger partial charge in [0.1, 0.15) is 6.61 Å². The zero-order valence-corrected chi connectivity index (χ0v) is 19.8. The molecule has 4 rings (SSSR count). The second-order valence-electron chi connectivity index (χ2n) is 7.58. The summed E-state index contributed by atoms with van der Waals surface area (Å²) < 4.78 is 11.4. The smallest absolute Gasteiger partial charge is 0.293 e. The van der Waals surface area contributed by atoms with E-state index >= 15 is 0 Å². The maximum atomic E-state index is 12.8. The van der Waals surface area contributed by atoms with Gasteiger partial charge in [-0.15, -0.1) is 0 Å². The molecule has 1 heterocycles. The number of halogens is 1. The van der Waals surface area contributed by atoms with E-state index in [0.29, 0.717) is 28.0 Å². The number of carbonyl (C=O) groups excluding carboxylic acids is 2. The minimum atomic E-state index is -0.300. The molecule has 1 fully saturated rings. The number of nitrogens with zero attached hydrogens (tertiary/aromatic N) is 1. The predicted molar refractivity (Wildman–Crippen MR) is 131 cm³/mol. The Morgan fingerprint density at radius 2 is 1.76 bits per heavy atom. The van der Waals surface area contributed by atoms with E-state index in [9.17, 15) is 9.59 Å². The minimum absolute atomic E-state index is 0.252. The molecule has 5 nitrogen and oxygen atoms in total. The van der Waals surface area contributed by atoms with Gasteiger partial charge in [-0.3, -0.25) is 14.5 Å². The topological polar surface area (TPSA) is 55.8 Å². The molecule has 0 radical (unpaired) electrons. The van der Waals surface area contributed by atoms with E-state index in [0.717, 1.165) is 34.0 Å². The van der Waals surface area contributed by atoms with Crippen molar-refractivity contribution >= 4 is 40.6 Å². The molecule has 0 bridgehead atoms. The molecule has 0 aromatic heterocycles. The standard InChI is InChI=1S/C26H22ClNO4S/c1-17-6-8-18(9-7-17)15-28-25(29)24(33-26(28)30)14-19-10-11-22(23(13-19)31-2)32-16-20-4-3-5-21(27)12-20/h3-14H,15-16H2,1-2H3/b24-14-. The molecule has 0 unspecified atom stereocenters. The van der Waals surface area contributed by atoms with E-state index in [1.165, 1.54) is 4.90 Å². The lowest BCUT2D eigenvalue weighted by molar-refractivity contribution is -0.123. The first kappa shape index (κ1) is 23.0. The monoisotopic (exact) mass is 479 g/mol. The van der Waals surface area contributed by atoms with Gasteiger partial charge in [0.25, 0.3) is 11.1 Å². The predicted octanol–water partition coefficient (Wildman–Crippen LogP) is 6.47. The number of rotatable bonds is 7. The third-order valence-electron chi connectivity index (χ3n) is 5.10. The van der Waals surface area contributed by atoms with Gasteiger partial charge < -0.3 is 9.47 Å². The van der Waals surface area contributed by atoms with Crippen LogP contribution < -0.4 is 9.47 Å². The van der Waals surface area contributed by atoms with Crippen LogP contribution in [0.3, 0.4) is 0 Å². The fourth-order valence-corrected chi connectivity index (χ4v) is 4.40. The molecule has 168 valence electrons. The van der Waals surface area contributed by atoms with E-state index in [4.69, 9.17) is 21.1 Å². The lowest BCUT2D eigenvalue weighted by Crippen LogP contribution is -2.27. The Labute approximate surface area is 202 Å². The Morgan fingerprint density at radius 3 is 2.48 bits per heavy atom. The number of aryl methyl sites for hydroxylation is 1. The van der Waals surface area contributed by atoms with E-state index in [-0.39, 0.29) is 17.7 Å². The third-order valence-corrected chi connectivity index (χ3v) is 6.25. The maximum absolute atomic E-state index is 12.8. The largest absolute Gasteiger partial charge is 0.493 e. The van der Waals surface area contributed by atoms with Gasteiger partial charge in [0.2, 0.25) is 0 Å². The summed E-state index contributed by atoms with van der Waals surface area (Å²) in [5, 5.41) is 0.370. The Morgan fingerprint density at radius 1 is 0.970 bits per heavy atom. The van der Waals surface area contributed by atoms with Crippen molar-refractivity contribution in [3.05, 3.63) is 98.9 Å². The molecule has 0 N–H and O–H groups in total. The van der Waals surface area contributed by atoms with Crippen LogP contribution in [0.15, 0.2) is 71.6 Å². The van der Waals surface area contributed by atoms with Crippen LogP contribution >= 0.6 is 23.4 Å². The lowest BCUT2D eigenvalue weighted by Gasteiger charge is -2.13. The van der Waals surface area contributed by atoms with Crippen molar-refractivity contribution in [1.82, 2.24) is 4.90 Å². The van der Waals surface area contributed by atoms with Crippen LogP contribution in [0.2, 0.25) is 5.02 Å². The molecule has 0 saturated carbocycles. The van der Waals surface area contributed by atoms with Crippen LogP contribution in [0.4, 0.5) is 4.79 Å². The first-order chi connectivity index (χ1) is 15.9. The molecular formula is C26H22ClNO4S. The Kier molecular flexibility index (Phi) is 7.06. The average Bonchev–Trinajstić information content (AvgIpc) is 3.06. The number of imide groups is 1. The van der Waals surface area contributed by atoms with Crippen molar-refractivity contribution in [2.75, 3.05) is 7.11 Å². The van der Waals surface area contributed by atoms with Crippen molar-refractivity contribution in [1.29, 1.82) is 0 Å². The Bertz CT molecular complexity index is 1220. The van der Waals surface area contributed by atoms with E-state index in [1.807, 2.05) is 61.5 Å². The van der Waals surface area contributed by atoms with Gasteiger partial charge in [-0.1, -0.05) is 59.6 Å². The van der Waals surface area contributed by atoms with Crippen LogP contribution in [0.5, 0.6) is 11.5 Å². The summed E-state index contributed by atoms with van der Waals surface area (Å²) in [5.41, 5.74) is 3.72. The molecule has 0 atom stereocenters. The van der Waals surface area contributed by atoms with Gasteiger partial charge in [-0.05, 0) is 65.7 Å². The number of amides is 2. The van der Waals surface area contributed by atoms with Gasteiger partial charge in [0.05, 0.1) is 18.6 Å². The van der Waals surface area contributed by atoms with Crippen LogP contribution in [-0.2, 0) is 17.9 Å². The average molecular weight is 480 g/mol. The fourth-order valence-electron chi connectivity index (χ4n) is 3.34. The molecule has 1 aliphatic rings. The quantitative estimate of drug-likeness (QED) is 0.363. The molecule has 0 aliphatic carbocycles. The number of thioether (sulfide) groups is 1. The summed E-state index contributed by atoms with van der Waals surface area (Å²) >= 11 is 6.97. The zero-order chi connectivity index (χ0) is 23.4. The highest BCUT2D eigenvalue weighted by molar-refractivity contribution is 8.18. The molecule has 33 heavy (non-hydrogen) atoms. The van der Waals surface area contributed by atoms with Crippen molar-refractivity contribution in [3.8, 4) is 11.5 Å². The number of carbonyl (C=O) groups is 2. The van der Waals surface area contributed by atoms with Crippen molar-refractivity contribution in [2.24, 2.45) is 0 Å². The SMILES string of the molecule is COc1cc(/C=C2\SC(=O)N(Cc3ccc(C)cc3)C2=O)ccc1OCc1cccc(Cl)c1. The van der Waals surface area contributed by atoms with Crippen molar-refractivity contribution in [2.45, 2.75) is 20.1 Å². The van der Waals surface area contributed by atoms with Gasteiger partial charge in [-0.25, -0.2) is 0 Å². The van der Waals surface area contributed by atoms with E-state index < -0.39 is 0 Å². The second kappa shape index (κ2) is 10.1. The molecule has 1 saturated heterocycles. The molecular weight excluding hydrogens is 458 g/mol. The normalized spacial score (nSPS) is 14.8. The van der Waals surface area contributed by atoms with Gasteiger partial charge in [0, 0.05) is 5.02 Å². The fraction of sp³-hybridized carbons (Fsp3) is 0.154. The highest BCUT2D eigenvalue weighted by atomic mass is 35.5. The number of benzene rings is 3. The summed E-state index contributed by atoms with van der Waals surface area (Å²) in [6.07, 6.45) is 1.70. The Balaban J connectivity index is 1.48. The summed E-state index contributed by atoms with van der Waals surface area (Å²) in [6.45, 7) is 2.59. The Hall–Kier alpha value is -3.22. The molecule has 1 aliphatic heterocycles. The van der Waals surface area contributed by atoms with E-state index in [1.54, 1.807) is 25.3 Å². The number of hydrogen-bond donors (Lipinski definition) is 0. The summed E-state index contributed by atoms with van der Waals surface area (Å²) in [4.78, 5) is 26.9. The van der Waals surface area contributed by atoms with E-state index in [2.05, 4.69) is 0 Å². The van der Waals surface area contributed by atoms with Gasteiger partial charge >= 0.3 is 0 Å². The summed E-state index contributed by atoms with van der Waals surface area (Å²) in [5.74, 6) is 0.803. The minimum Gasteiger partial charge on any atom is -0.493 e. The van der Waals surface area contributed by atoms with Gasteiger partial charge in [-0.2, -0.15) is 0 Å². The van der Waals surface area contributed by atoms with Crippen LogP contribution in [0.1, 0.15) is 22.3 Å². The highest BCUT2D eigenvalue weighted by Gasteiger charge is 2.35. The van der Waals surface area contributed by atoms with Crippen LogP contribution in [-0.4, -0.2) is 23.2 Å². The highest BCUT2D eigenvalue weighted by Crippen LogP contribution is 2.35. The van der Waals surface area contributed by atoms with Crippen molar-refractivity contribution < 1.29 is 19.1 Å². The molecule has 3 aromatic rings. The van der Waals surface area contributed by atoms with Gasteiger partial charge in [0.15, 0.2) is 11.5 Å². The lowest BCUT2D eigenvalue weighted by atomic mass is 10.1. The summed E-state index contributed by atoms with van der Waals surface area (Å²) in [7, 11) is 1.56. The van der Waals surface area contributed by atoms with Crippen LogP contribution in [0.25, 0.3) is 6.08 Å². The molecule has 3 aromatic carbocycles. The maximum Gasteiger partial charge on any atom is 0.293 e. The summed E-state index contributed by atoms with van der Waals surface area (Å²) in [6, 6.07) is 20.6. The van der Waals surface area contributed by atoms with Crippen molar-refractivity contribution in [3.63, 3.8) is 0 Å². The first-order valence-electron chi connectivity index (χ1n) is 10.3. The molecule has 2 amide bonds. The molecule has 0 spiro atoms. The third kappa shape index (κ3) is 5.59. The molecule has 7 heteroatoms. The number of hydrogen-bond acceptors (Lipinski definition) is 5.